The Morgan fingerprint density at radius 2 is 1.68 bits per heavy atom. The SMILES string of the molecule is CNC(=O)Nc1ccc(-c2cnc3c(N4CCOCC4)nc(-c4cnc(N)nc4)nc3c2)cc1. The van der Waals surface area contributed by atoms with E-state index in [1.807, 2.05) is 36.5 Å². The number of nitrogens with one attached hydrogen (secondary N) is 2. The van der Waals surface area contributed by atoms with Crippen molar-refractivity contribution < 1.29 is 9.53 Å². The molecule has 3 aromatic heterocycles. The first kappa shape index (κ1) is 21.5. The molecule has 4 N–H and O–H groups in total. The highest BCUT2D eigenvalue weighted by Crippen LogP contribution is 2.30. The van der Waals surface area contributed by atoms with Crippen LogP contribution in [0, 0.1) is 0 Å². The average Bonchev–Trinajstić information content (AvgIpc) is 2.89. The van der Waals surface area contributed by atoms with Gasteiger partial charge in [0.1, 0.15) is 5.52 Å². The Morgan fingerprint density at radius 3 is 2.38 bits per heavy atom. The van der Waals surface area contributed by atoms with Crippen LogP contribution in [0.2, 0.25) is 0 Å². The number of aromatic nitrogens is 5. The fourth-order valence-corrected chi connectivity index (χ4v) is 3.68. The lowest BCUT2D eigenvalue weighted by Crippen LogP contribution is -2.37. The molecule has 0 bridgehead atoms. The Bertz CT molecular complexity index is 1320. The van der Waals surface area contributed by atoms with Gasteiger partial charge in [0.2, 0.25) is 5.95 Å². The van der Waals surface area contributed by atoms with Crippen molar-refractivity contribution in [2.45, 2.75) is 0 Å². The van der Waals surface area contributed by atoms with E-state index < -0.39 is 0 Å². The third-order valence-corrected chi connectivity index (χ3v) is 5.46. The Balaban J connectivity index is 1.57. The molecule has 4 aromatic rings. The third-order valence-electron chi connectivity index (χ3n) is 5.46. The lowest BCUT2D eigenvalue weighted by molar-refractivity contribution is 0.122. The lowest BCUT2D eigenvalue weighted by atomic mass is 10.1. The van der Waals surface area contributed by atoms with Crippen molar-refractivity contribution in [3.63, 3.8) is 0 Å². The Morgan fingerprint density at radius 1 is 0.971 bits per heavy atom. The summed E-state index contributed by atoms with van der Waals surface area (Å²) in [7, 11) is 1.57. The first-order chi connectivity index (χ1) is 16.6. The molecule has 2 amide bonds. The van der Waals surface area contributed by atoms with E-state index in [-0.39, 0.29) is 12.0 Å². The highest BCUT2D eigenvalue weighted by Gasteiger charge is 2.20. The van der Waals surface area contributed by atoms with Crippen LogP contribution < -0.4 is 21.3 Å². The van der Waals surface area contributed by atoms with Crippen molar-refractivity contribution in [3.8, 4) is 22.5 Å². The van der Waals surface area contributed by atoms with Crippen molar-refractivity contribution in [2.75, 3.05) is 49.3 Å². The van der Waals surface area contributed by atoms with Crippen LogP contribution in [-0.4, -0.2) is 64.3 Å². The molecule has 0 spiro atoms. The monoisotopic (exact) mass is 457 g/mol. The number of hydrogen-bond donors (Lipinski definition) is 3. The first-order valence-electron chi connectivity index (χ1n) is 10.8. The number of nitrogen functional groups attached to an aromatic ring is 1. The Hall–Kier alpha value is -4.38. The van der Waals surface area contributed by atoms with Crippen molar-refractivity contribution in [1.29, 1.82) is 0 Å². The minimum Gasteiger partial charge on any atom is -0.378 e. The van der Waals surface area contributed by atoms with E-state index >= 15 is 0 Å². The van der Waals surface area contributed by atoms with Crippen molar-refractivity contribution >= 4 is 34.5 Å². The number of pyridine rings is 1. The summed E-state index contributed by atoms with van der Waals surface area (Å²) in [5.41, 5.74) is 10.3. The standard InChI is InChI=1S/C23H23N9O2/c1-25-23(33)29-17-4-2-14(3-5-17)15-10-18-19(26-11-15)21(32-6-8-34-9-7-32)31-20(30-18)16-12-27-22(24)28-13-16/h2-5,10-13H,6-9H2,1H3,(H2,24,27,28)(H2,25,29,33). The van der Waals surface area contributed by atoms with Crippen LogP contribution in [0.3, 0.4) is 0 Å². The molecule has 172 valence electrons. The van der Waals surface area contributed by atoms with Crippen LogP contribution in [0.1, 0.15) is 0 Å². The van der Waals surface area contributed by atoms with Crippen LogP contribution >= 0.6 is 0 Å². The minimum absolute atomic E-state index is 0.191. The van der Waals surface area contributed by atoms with Gasteiger partial charge in [-0.3, -0.25) is 4.98 Å². The number of nitrogens with two attached hydrogens (primary N) is 1. The lowest BCUT2D eigenvalue weighted by Gasteiger charge is -2.28. The van der Waals surface area contributed by atoms with Crippen LogP contribution in [0.15, 0.2) is 48.9 Å². The molecule has 0 saturated carbocycles. The van der Waals surface area contributed by atoms with Gasteiger partial charge in [-0.25, -0.2) is 24.7 Å². The molecule has 1 fully saturated rings. The predicted octanol–water partition coefficient (Wildman–Crippen LogP) is 2.32. The minimum atomic E-state index is -0.272. The van der Waals surface area contributed by atoms with Gasteiger partial charge in [0, 0.05) is 50.0 Å². The van der Waals surface area contributed by atoms with E-state index in [1.54, 1.807) is 19.4 Å². The second-order valence-corrected chi connectivity index (χ2v) is 7.67. The van der Waals surface area contributed by atoms with E-state index in [2.05, 4.69) is 25.5 Å². The normalized spacial score (nSPS) is 13.6. The van der Waals surface area contributed by atoms with Gasteiger partial charge < -0.3 is 26.0 Å². The van der Waals surface area contributed by atoms with Crippen LogP contribution in [0.4, 0.5) is 22.2 Å². The Labute approximate surface area is 195 Å². The van der Waals surface area contributed by atoms with Gasteiger partial charge in [-0.05, 0) is 23.8 Å². The maximum absolute atomic E-state index is 11.5. The summed E-state index contributed by atoms with van der Waals surface area (Å²) < 4.78 is 5.51. The molecule has 11 heteroatoms. The molecule has 34 heavy (non-hydrogen) atoms. The molecule has 11 nitrogen and oxygen atoms in total. The third kappa shape index (κ3) is 4.41. The predicted molar refractivity (Wildman–Crippen MR) is 129 cm³/mol. The molecule has 1 saturated heterocycles. The average molecular weight is 457 g/mol. The molecule has 1 aromatic carbocycles. The fraction of sp³-hybridized carbons (Fsp3) is 0.217. The van der Waals surface area contributed by atoms with E-state index in [0.29, 0.717) is 54.4 Å². The van der Waals surface area contributed by atoms with Crippen LogP contribution in [0.5, 0.6) is 0 Å². The van der Waals surface area contributed by atoms with E-state index in [1.165, 1.54) is 0 Å². The van der Waals surface area contributed by atoms with Crippen molar-refractivity contribution in [3.05, 3.63) is 48.9 Å². The summed E-state index contributed by atoms with van der Waals surface area (Å²) in [5.74, 6) is 1.44. The van der Waals surface area contributed by atoms with E-state index in [9.17, 15) is 4.79 Å². The molecule has 0 radical (unpaired) electrons. The number of carbonyl (C=O) groups is 1. The number of fused-ring (bicyclic) bond motifs is 1. The number of anilines is 3. The van der Waals surface area contributed by atoms with Gasteiger partial charge in [0.15, 0.2) is 11.6 Å². The number of ether oxygens (including phenoxy) is 1. The first-order valence-corrected chi connectivity index (χ1v) is 10.8. The van der Waals surface area contributed by atoms with Crippen molar-refractivity contribution in [1.82, 2.24) is 30.2 Å². The van der Waals surface area contributed by atoms with Gasteiger partial charge in [-0.2, -0.15) is 0 Å². The zero-order valence-corrected chi connectivity index (χ0v) is 18.5. The summed E-state index contributed by atoms with van der Waals surface area (Å²) in [6.45, 7) is 2.68. The van der Waals surface area contributed by atoms with Crippen LogP contribution in [0.25, 0.3) is 33.5 Å². The maximum atomic E-state index is 11.5. The highest BCUT2D eigenvalue weighted by molar-refractivity contribution is 5.91. The number of rotatable bonds is 4. The Kier molecular flexibility index (Phi) is 5.83. The van der Waals surface area contributed by atoms with Gasteiger partial charge >= 0.3 is 6.03 Å². The largest absolute Gasteiger partial charge is 0.378 e. The number of morpholine rings is 1. The second kappa shape index (κ2) is 9.24. The van der Waals surface area contributed by atoms with Gasteiger partial charge in [-0.1, -0.05) is 12.1 Å². The van der Waals surface area contributed by atoms with Gasteiger partial charge in [-0.15, -0.1) is 0 Å². The maximum Gasteiger partial charge on any atom is 0.318 e. The number of urea groups is 1. The van der Waals surface area contributed by atoms with Crippen LogP contribution in [-0.2, 0) is 4.74 Å². The van der Waals surface area contributed by atoms with Gasteiger partial charge in [0.05, 0.1) is 24.3 Å². The molecule has 1 aliphatic rings. The molecular weight excluding hydrogens is 434 g/mol. The number of benzene rings is 1. The summed E-state index contributed by atoms with van der Waals surface area (Å²) in [6.07, 6.45) is 5.03. The van der Waals surface area contributed by atoms with Crippen molar-refractivity contribution in [2.24, 2.45) is 0 Å². The summed E-state index contributed by atoms with van der Waals surface area (Å²) >= 11 is 0. The second-order valence-electron chi connectivity index (χ2n) is 7.67. The zero-order chi connectivity index (χ0) is 23.5. The number of carbonyl (C=O) groups excluding carboxylic acids is 1. The molecule has 0 atom stereocenters. The number of amides is 2. The fourth-order valence-electron chi connectivity index (χ4n) is 3.68. The number of hydrogen-bond acceptors (Lipinski definition) is 9. The summed E-state index contributed by atoms with van der Waals surface area (Å²) in [4.78, 5) is 36.2. The molecule has 0 aliphatic carbocycles. The zero-order valence-electron chi connectivity index (χ0n) is 18.5. The summed E-state index contributed by atoms with van der Waals surface area (Å²) in [6, 6.07) is 9.24. The molecule has 4 heterocycles. The molecular formula is C23H23N9O2. The number of nitrogens with zero attached hydrogens (tertiary/aromatic N) is 6. The molecule has 0 unspecified atom stereocenters. The quantitative estimate of drug-likeness (QED) is 0.420. The van der Waals surface area contributed by atoms with Gasteiger partial charge in [0.25, 0.3) is 0 Å². The summed E-state index contributed by atoms with van der Waals surface area (Å²) in [5, 5.41) is 5.28. The molecule has 5 rings (SSSR count). The van der Waals surface area contributed by atoms with E-state index in [0.717, 1.165) is 16.9 Å². The topological polar surface area (TPSA) is 144 Å². The molecule has 1 aliphatic heterocycles. The smallest absolute Gasteiger partial charge is 0.318 e. The van der Waals surface area contributed by atoms with E-state index in [4.69, 9.17) is 25.4 Å². The highest BCUT2D eigenvalue weighted by atomic mass is 16.5.